The van der Waals surface area contributed by atoms with Gasteiger partial charge in [-0.05, 0) is 96.1 Å². The molecule has 200 valence electrons. The summed E-state index contributed by atoms with van der Waals surface area (Å²) in [4.78, 5) is 0. The molecule has 0 amide bonds. The average Bonchev–Trinajstić information content (AvgIpc) is 3.41. The molecule has 4 N–H and O–H groups in total. The van der Waals surface area contributed by atoms with Gasteiger partial charge in [-0.1, -0.05) is 36.5 Å². The van der Waals surface area contributed by atoms with Crippen LogP contribution >= 0.6 is 18.5 Å². The lowest BCUT2D eigenvalue weighted by Gasteiger charge is -2.63. The predicted molar refractivity (Wildman–Crippen MR) is 162 cm³/mol. The van der Waals surface area contributed by atoms with Crippen LogP contribution in [0.15, 0.2) is 58.7 Å². The van der Waals surface area contributed by atoms with Crippen LogP contribution in [0.25, 0.3) is 0 Å². The molecule has 4 nitrogen and oxygen atoms in total. The van der Waals surface area contributed by atoms with Gasteiger partial charge in [0, 0.05) is 56.5 Å². The summed E-state index contributed by atoms with van der Waals surface area (Å²) in [6.45, 7) is 6.25. The molecule has 0 radical (unpaired) electrons. The third-order valence-corrected chi connectivity index (χ3v) is 12.8. The molecule has 2 saturated heterocycles. The standard InChI is InChI=1S/C31H46N4P2/c36-19-27-24-11-20-10-21(12-24)16-30(27,15-20)25-13-23(22-4-2-1-3-5-22)14-26(25)31(37,28-17-32-6-8-34-28)29-18-33-7-9-35-29/h1-4,13-14,20-21,24,27-29,32-35H,5-12,15-19,36-37H2. The smallest absolute Gasteiger partial charge is 0.0429 e. The molecule has 37 heavy (non-hydrogen) atoms. The van der Waals surface area contributed by atoms with E-state index in [1.165, 1.54) is 49.4 Å². The Labute approximate surface area is 228 Å². The van der Waals surface area contributed by atoms with Crippen LogP contribution in [-0.2, 0) is 0 Å². The zero-order valence-corrected chi connectivity index (χ0v) is 24.6. The van der Waals surface area contributed by atoms with Crippen molar-refractivity contribution in [1.82, 2.24) is 21.3 Å². The molecule has 7 unspecified atom stereocenters. The van der Waals surface area contributed by atoms with E-state index < -0.39 is 0 Å². The maximum Gasteiger partial charge on any atom is 0.0429 e. The van der Waals surface area contributed by atoms with Crippen LogP contribution in [0.2, 0.25) is 0 Å². The maximum atomic E-state index is 3.98. The summed E-state index contributed by atoms with van der Waals surface area (Å²) >= 11 is 0. The summed E-state index contributed by atoms with van der Waals surface area (Å²) in [6.07, 6.45) is 24.0. The molecule has 0 aromatic heterocycles. The predicted octanol–water partition coefficient (Wildman–Crippen LogP) is 3.72. The van der Waals surface area contributed by atoms with Crippen LogP contribution in [0.3, 0.4) is 0 Å². The highest BCUT2D eigenvalue weighted by molar-refractivity contribution is 7.19. The van der Waals surface area contributed by atoms with E-state index >= 15 is 0 Å². The summed E-state index contributed by atoms with van der Waals surface area (Å²) in [5.74, 6) is 3.59. The van der Waals surface area contributed by atoms with Crippen LogP contribution in [0.4, 0.5) is 0 Å². The molecule has 0 aromatic carbocycles. The summed E-state index contributed by atoms with van der Waals surface area (Å²) in [7, 11) is 6.67. The molecule has 8 aliphatic rings. The Bertz CT molecular complexity index is 1030. The van der Waals surface area contributed by atoms with Gasteiger partial charge in [0.15, 0.2) is 0 Å². The molecule has 6 fully saturated rings. The SMILES string of the molecule is PCC1C2CC3CC(C2)CC1(C1=CC(=C2C=CC=CC2)C=C1C(P)(C1CNCCN1)C1CNCCN1)C3. The number of piperazine rings is 2. The second kappa shape index (κ2) is 10.1. The van der Waals surface area contributed by atoms with E-state index in [0.29, 0.717) is 17.5 Å². The van der Waals surface area contributed by atoms with Gasteiger partial charge in [0.2, 0.25) is 0 Å². The average molecular weight is 537 g/mol. The van der Waals surface area contributed by atoms with Crippen molar-refractivity contribution < 1.29 is 0 Å². The van der Waals surface area contributed by atoms with Crippen molar-refractivity contribution in [1.29, 1.82) is 0 Å². The zero-order valence-electron chi connectivity index (χ0n) is 22.3. The minimum Gasteiger partial charge on any atom is -0.314 e. The first-order chi connectivity index (χ1) is 18.1. The third-order valence-electron chi connectivity index (χ3n) is 11.2. The van der Waals surface area contributed by atoms with E-state index in [4.69, 9.17) is 0 Å². The van der Waals surface area contributed by atoms with Gasteiger partial charge in [0.05, 0.1) is 0 Å². The fourth-order valence-electron chi connectivity index (χ4n) is 9.78. The summed E-state index contributed by atoms with van der Waals surface area (Å²) < 4.78 is 0. The van der Waals surface area contributed by atoms with Gasteiger partial charge in [0.1, 0.15) is 0 Å². The fourth-order valence-corrected chi connectivity index (χ4v) is 11.3. The Hall–Kier alpha value is -0.600. The van der Waals surface area contributed by atoms with Crippen molar-refractivity contribution >= 4 is 18.5 Å². The van der Waals surface area contributed by atoms with Crippen molar-refractivity contribution in [3.8, 4) is 0 Å². The Morgan fingerprint density at radius 1 is 0.892 bits per heavy atom. The highest BCUT2D eigenvalue weighted by Gasteiger charge is 2.60. The van der Waals surface area contributed by atoms with Crippen molar-refractivity contribution in [3.63, 3.8) is 0 Å². The Morgan fingerprint density at radius 2 is 1.59 bits per heavy atom. The van der Waals surface area contributed by atoms with Crippen molar-refractivity contribution in [2.75, 3.05) is 45.4 Å². The third kappa shape index (κ3) is 4.16. The minimum atomic E-state index is -0.0715. The van der Waals surface area contributed by atoms with E-state index in [-0.39, 0.29) is 5.16 Å². The molecule has 0 aromatic rings. The van der Waals surface area contributed by atoms with E-state index in [2.05, 4.69) is 76.2 Å². The van der Waals surface area contributed by atoms with Gasteiger partial charge in [-0.15, -0.1) is 18.5 Å². The first-order valence-electron chi connectivity index (χ1n) is 15.0. The van der Waals surface area contributed by atoms with Gasteiger partial charge in [-0.3, -0.25) is 0 Å². The lowest BCUT2D eigenvalue weighted by Crippen LogP contribution is -2.69. The Kier molecular flexibility index (Phi) is 6.93. The zero-order chi connectivity index (χ0) is 25.0. The van der Waals surface area contributed by atoms with Gasteiger partial charge in [0.25, 0.3) is 0 Å². The summed E-state index contributed by atoms with van der Waals surface area (Å²) in [5.41, 5.74) is 6.64. The molecule has 2 aliphatic heterocycles. The van der Waals surface area contributed by atoms with Crippen LogP contribution in [0, 0.1) is 29.1 Å². The van der Waals surface area contributed by atoms with Gasteiger partial charge >= 0.3 is 0 Å². The Balaban J connectivity index is 1.39. The lowest BCUT2D eigenvalue weighted by atomic mass is 9.43. The second-order valence-electron chi connectivity index (χ2n) is 13.0. The van der Waals surface area contributed by atoms with Gasteiger partial charge in [-0.25, -0.2) is 0 Å². The van der Waals surface area contributed by atoms with E-state index in [9.17, 15) is 0 Å². The molecular weight excluding hydrogens is 490 g/mol. The summed E-state index contributed by atoms with van der Waals surface area (Å²) in [5, 5.41) is 15.4. The van der Waals surface area contributed by atoms with Crippen LogP contribution in [0.5, 0.6) is 0 Å². The fraction of sp³-hybridized carbons (Fsp3) is 0.677. The van der Waals surface area contributed by atoms with Crippen molar-refractivity contribution in [2.24, 2.45) is 29.1 Å². The maximum absolute atomic E-state index is 3.98. The van der Waals surface area contributed by atoms with Crippen molar-refractivity contribution in [2.45, 2.75) is 55.8 Å². The van der Waals surface area contributed by atoms with Gasteiger partial charge < -0.3 is 21.3 Å². The van der Waals surface area contributed by atoms with Crippen LogP contribution in [0.1, 0.15) is 38.5 Å². The first kappa shape index (κ1) is 25.4. The topological polar surface area (TPSA) is 48.1 Å². The van der Waals surface area contributed by atoms with Crippen LogP contribution in [-0.4, -0.2) is 62.7 Å². The number of allylic oxidation sites excluding steroid dienone is 9. The molecule has 4 bridgehead atoms. The molecule has 0 spiro atoms. The van der Waals surface area contributed by atoms with Crippen LogP contribution < -0.4 is 21.3 Å². The highest BCUT2D eigenvalue weighted by atomic mass is 31.0. The number of rotatable bonds is 5. The minimum absolute atomic E-state index is 0.0715. The van der Waals surface area contributed by atoms with E-state index in [0.717, 1.165) is 69.4 Å². The first-order valence-corrected chi connectivity index (χ1v) is 16.4. The second-order valence-corrected chi connectivity index (χ2v) is 14.5. The summed E-state index contributed by atoms with van der Waals surface area (Å²) in [6, 6.07) is 0.764. The van der Waals surface area contributed by atoms with E-state index in [1.807, 2.05) is 0 Å². The lowest BCUT2D eigenvalue weighted by molar-refractivity contribution is -0.0770. The van der Waals surface area contributed by atoms with E-state index in [1.54, 1.807) is 11.1 Å². The largest absolute Gasteiger partial charge is 0.314 e. The quantitative estimate of drug-likeness (QED) is 0.405. The molecule has 6 aliphatic carbocycles. The number of hydrogen-bond acceptors (Lipinski definition) is 4. The Morgan fingerprint density at radius 3 is 2.16 bits per heavy atom. The number of hydrogen-bond donors (Lipinski definition) is 4. The highest BCUT2D eigenvalue weighted by Crippen LogP contribution is 2.68. The monoisotopic (exact) mass is 536 g/mol. The molecule has 4 saturated carbocycles. The van der Waals surface area contributed by atoms with Crippen molar-refractivity contribution in [3.05, 3.63) is 58.7 Å². The normalized spacial score (nSPS) is 44.6. The molecule has 6 heteroatoms. The molecule has 2 heterocycles. The molecule has 8 rings (SSSR count). The number of nitrogens with one attached hydrogen (secondary N) is 4. The molecular formula is C31H46N4P2. The van der Waals surface area contributed by atoms with Gasteiger partial charge in [-0.2, -0.15) is 0 Å². The molecule has 7 atom stereocenters.